The van der Waals surface area contributed by atoms with Gasteiger partial charge in [0, 0.05) is 0 Å². The number of carbonyl (C=O) groups excluding carboxylic acids is 1. The van der Waals surface area contributed by atoms with Crippen molar-refractivity contribution >= 4 is 23.6 Å². The maximum atomic E-state index is 12.2. The van der Waals surface area contributed by atoms with Crippen LogP contribution in [0, 0.1) is 0 Å². The molecule has 1 amide bonds. The minimum atomic E-state index is -0.975. The van der Waals surface area contributed by atoms with E-state index < -0.39 is 17.9 Å². The van der Waals surface area contributed by atoms with Crippen molar-refractivity contribution in [2.24, 2.45) is 0 Å². The molecule has 0 aliphatic heterocycles. The highest BCUT2D eigenvalue weighted by atomic mass is 32.2. The molecule has 1 heterocycles. The van der Waals surface area contributed by atoms with Gasteiger partial charge in [0.25, 0.3) is 5.91 Å². The standard InChI is InChI=1S/C16H17NO4S/c1-22-10-12-7-8-14(21-12)16(20)17-13(9-15(18)19)11-5-3-2-4-6-11/h2-8,13H,9-10H2,1H3,(H,17,20)(H,18,19)/t13-/m0/s1. The van der Waals surface area contributed by atoms with Crippen LogP contribution in [-0.4, -0.2) is 23.2 Å². The molecule has 6 heteroatoms. The number of hydrogen-bond donors (Lipinski definition) is 2. The molecule has 0 unspecified atom stereocenters. The van der Waals surface area contributed by atoms with E-state index in [0.29, 0.717) is 11.5 Å². The highest BCUT2D eigenvalue weighted by molar-refractivity contribution is 7.97. The highest BCUT2D eigenvalue weighted by Gasteiger charge is 2.20. The molecular weight excluding hydrogens is 302 g/mol. The second-order valence-corrected chi connectivity index (χ2v) is 5.60. The molecule has 0 aliphatic rings. The lowest BCUT2D eigenvalue weighted by molar-refractivity contribution is -0.137. The van der Waals surface area contributed by atoms with Crippen LogP contribution in [0.1, 0.15) is 34.3 Å². The van der Waals surface area contributed by atoms with Crippen molar-refractivity contribution in [1.29, 1.82) is 0 Å². The van der Waals surface area contributed by atoms with E-state index in [2.05, 4.69) is 5.32 Å². The maximum Gasteiger partial charge on any atom is 0.305 e. The number of carboxylic acid groups (broad SMARTS) is 1. The molecule has 0 spiro atoms. The lowest BCUT2D eigenvalue weighted by Gasteiger charge is -2.16. The third-order valence-corrected chi connectivity index (χ3v) is 3.63. The van der Waals surface area contributed by atoms with Gasteiger partial charge in [0.15, 0.2) is 5.76 Å². The second kappa shape index (κ2) is 7.70. The summed E-state index contributed by atoms with van der Waals surface area (Å²) in [5.41, 5.74) is 0.745. The number of thioether (sulfide) groups is 1. The smallest absolute Gasteiger partial charge is 0.305 e. The summed E-state index contributed by atoms with van der Waals surface area (Å²) >= 11 is 1.60. The SMILES string of the molecule is CSCc1ccc(C(=O)N[C@@H](CC(=O)O)c2ccccc2)o1. The number of furan rings is 1. The summed E-state index contributed by atoms with van der Waals surface area (Å²) in [6, 6.07) is 11.8. The van der Waals surface area contributed by atoms with Crippen LogP contribution in [0.25, 0.3) is 0 Å². The largest absolute Gasteiger partial charge is 0.481 e. The van der Waals surface area contributed by atoms with Gasteiger partial charge in [-0.2, -0.15) is 11.8 Å². The van der Waals surface area contributed by atoms with Crippen LogP contribution < -0.4 is 5.32 Å². The summed E-state index contributed by atoms with van der Waals surface area (Å²) in [5, 5.41) is 11.7. The fraction of sp³-hybridized carbons (Fsp3) is 0.250. The molecule has 0 radical (unpaired) electrons. The highest BCUT2D eigenvalue weighted by Crippen LogP contribution is 2.19. The minimum Gasteiger partial charge on any atom is -0.481 e. The third kappa shape index (κ3) is 4.39. The minimum absolute atomic E-state index is 0.186. The second-order valence-electron chi connectivity index (χ2n) is 4.73. The average molecular weight is 319 g/mol. The molecule has 2 rings (SSSR count). The Kier molecular flexibility index (Phi) is 5.66. The van der Waals surface area contributed by atoms with E-state index in [1.54, 1.807) is 48.2 Å². The van der Waals surface area contributed by atoms with Gasteiger partial charge in [-0.05, 0) is 24.0 Å². The van der Waals surface area contributed by atoms with Crippen molar-refractivity contribution < 1.29 is 19.1 Å². The molecule has 1 aromatic carbocycles. The van der Waals surface area contributed by atoms with E-state index in [4.69, 9.17) is 9.52 Å². The van der Waals surface area contributed by atoms with Gasteiger partial charge in [0.1, 0.15) is 5.76 Å². The monoisotopic (exact) mass is 319 g/mol. The van der Waals surface area contributed by atoms with Crippen LogP contribution in [-0.2, 0) is 10.5 Å². The van der Waals surface area contributed by atoms with Gasteiger partial charge in [-0.1, -0.05) is 30.3 Å². The number of aliphatic carboxylic acids is 1. The fourth-order valence-corrected chi connectivity index (χ4v) is 2.50. The van der Waals surface area contributed by atoms with Gasteiger partial charge in [0.2, 0.25) is 0 Å². The number of carbonyl (C=O) groups is 2. The molecule has 5 nitrogen and oxygen atoms in total. The maximum absolute atomic E-state index is 12.2. The molecular formula is C16H17NO4S. The van der Waals surface area contributed by atoms with Crippen molar-refractivity contribution in [3.05, 3.63) is 59.5 Å². The van der Waals surface area contributed by atoms with Gasteiger partial charge in [0.05, 0.1) is 18.2 Å². The van der Waals surface area contributed by atoms with Gasteiger partial charge < -0.3 is 14.8 Å². The summed E-state index contributed by atoms with van der Waals surface area (Å²) in [6.07, 6.45) is 1.76. The van der Waals surface area contributed by atoms with E-state index in [-0.39, 0.29) is 12.2 Å². The Morgan fingerprint density at radius 1 is 1.23 bits per heavy atom. The van der Waals surface area contributed by atoms with Crippen LogP contribution in [0.2, 0.25) is 0 Å². The number of hydrogen-bond acceptors (Lipinski definition) is 4. The van der Waals surface area contributed by atoms with Crippen LogP contribution in [0.4, 0.5) is 0 Å². The van der Waals surface area contributed by atoms with Crippen molar-refractivity contribution in [1.82, 2.24) is 5.32 Å². The molecule has 116 valence electrons. The molecule has 0 saturated heterocycles. The Hall–Kier alpha value is -2.21. The van der Waals surface area contributed by atoms with Crippen molar-refractivity contribution in [3.8, 4) is 0 Å². The Bertz CT molecular complexity index is 639. The zero-order valence-corrected chi connectivity index (χ0v) is 12.9. The zero-order valence-electron chi connectivity index (χ0n) is 12.1. The first-order chi connectivity index (χ1) is 10.6. The fourth-order valence-electron chi connectivity index (χ4n) is 2.06. The van der Waals surface area contributed by atoms with E-state index in [1.807, 2.05) is 12.3 Å². The van der Waals surface area contributed by atoms with Crippen molar-refractivity contribution in [2.45, 2.75) is 18.2 Å². The van der Waals surface area contributed by atoms with Gasteiger partial charge >= 0.3 is 5.97 Å². The molecule has 2 aromatic rings. The lowest BCUT2D eigenvalue weighted by Crippen LogP contribution is -2.29. The van der Waals surface area contributed by atoms with Gasteiger partial charge in [-0.25, -0.2) is 0 Å². The van der Waals surface area contributed by atoms with Crippen LogP contribution in [0.15, 0.2) is 46.9 Å². The Morgan fingerprint density at radius 3 is 2.59 bits per heavy atom. The zero-order chi connectivity index (χ0) is 15.9. The lowest BCUT2D eigenvalue weighted by atomic mass is 10.0. The Labute approximate surface area is 132 Å². The molecule has 0 bridgehead atoms. The topological polar surface area (TPSA) is 79.5 Å². The van der Waals surface area contributed by atoms with E-state index >= 15 is 0 Å². The molecule has 22 heavy (non-hydrogen) atoms. The number of benzene rings is 1. The van der Waals surface area contributed by atoms with Gasteiger partial charge in [-0.3, -0.25) is 9.59 Å². The predicted octanol–water partition coefficient (Wildman–Crippen LogP) is 3.09. The first kappa shape index (κ1) is 16.2. The average Bonchev–Trinajstić information content (AvgIpc) is 2.96. The Balaban J connectivity index is 2.12. The molecule has 0 saturated carbocycles. The van der Waals surface area contributed by atoms with E-state index in [1.165, 1.54) is 0 Å². The van der Waals surface area contributed by atoms with E-state index in [9.17, 15) is 9.59 Å². The molecule has 0 aliphatic carbocycles. The summed E-state index contributed by atoms with van der Waals surface area (Å²) in [5.74, 6) is 0.200. The van der Waals surface area contributed by atoms with E-state index in [0.717, 1.165) is 5.56 Å². The number of amides is 1. The normalized spacial score (nSPS) is 11.9. The first-order valence-electron chi connectivity index (χ1n) is 6.75. The van der Waals surface area contributed by atoms with Gasteiger partial charge in [-0.15, -0.1) is 0 Å². The first-order valence-corrected chi connectivity index (χ1v) is 8.14. The third-order valence-electron chi connectivity index (χ3n) is 3.06. The van der Waals surface area contributed by atoms with Crippen molar-refractivity contribution in [2.75, 3.05) is 6.26 Å². The number of carboxylic acids is 1. The number of nitrogens with one attached hydrogen (secondary N) is 1. The number of rotatable bonds is 7. The molecule has 0 fully saturated rings. The summed E-state index contributed by atoms with van der Waals surface area (Å²) in [6.45, 7) is 0. The van der Waals surface area contributed by atoms with Crippen molar-refractivity contribution in [3.63, 3.8) is 0 Å². The quantitative estimate of drug-likeness (QED) is 0.820. The van der Waals surface area contributed by atoms with Crippen LogP contribution in [0.5, 0.6) is 0 Å². The molecule has 2 N–H and O–H groups in total. The molecule has 1 aromatic heterocycles. The summed E-state index contributed by atoms with van der Waals surface area (Å²) < 4.78 is 5.45. The Morgan fingerprint density at radius 2 is 1.95 bits per heavy atom. The molecule has 1 atom stereocenters. The van der Waals surface area contributed by atoms with Crippen LogP contribution in [0.3, 0.4) is 0 Å². The summed E-state index contributed by atoms with van der Waals surface area (Å²) in [4.78, 5) is 23.2. The summed E-state index contributed by atoms with van der Waals surface area (Å²) in [7, 11) is 0. The van der Waals surface area contributed by atoms with Crippen LogP contribution >= 0.6 is 11.8 Å². The predicted molar refractivity (Wildman–Crippen MR) is 84.8 cm³/mol.